The van der Waals surface area contributed by atoms with Crippen LogP contribution in [0.3, 0.4) is 0 Å². The quantitative estimate of drug-likeness (QED) is 0.752. The molecule has 0 heterocycles. The molecule has 1 aliphatic rings. The Morgan fingerprint density at radius 1 is 1.07 bits per heavy atom. The van der Waals surface area contributed by atoms with Crippen molar-refractivity contribution in [1.82, 2.24) is 0 Å². The summed E-state index contributed by atoms with van der Waals surface area (Å²) >= 11 is 0. The van der Waals surface area contributed by atoms with Gasteiger partial charge in [0.25, 0.3) is 0 Å². The average Bonchev–Trinajstić information content (AvgIpc) is 2.20. The van der Waals surface area contributed by atoms with Crippen LogP contribution in [0.15, 0.2) is 24.3 Å². The number of phenolic OH excluding ortho intramolecular Hbond substituents is 1. The smallest absolute Gasteiger partial charge is 0.248 e. The highest BCUT2D eigenvalue weighted by Crippen LogP contribution is 2.40. The van der Waals surface area contributed by atoms with Crippen LogP contribution in [-0.2, 0) is 0 Å². The van der Waals surface area contributed by atoms with E-state index in [-0.39, 0.29) is 24.5 Å². The highest BCUT2D eigenvalue weighted by molar-refractivity contribution is 5.28. The number of hydrogen-bond donors (Lipinski definition) is 1. The van der Waals surface area contributed by atoms with Crippen LogP contribution in [0.25, 0.3) is 0 Å². The van der Waals surface area contributed by atoms with Gasteiger partial charge in [0.2, 0.25) is 5.92 Å². The summed E-state index contributed by atoms with van der Waals surface area (Å²) in [5.74, 6) is -2.02. The largest absolute Gasteiger partial charge is 0.508 e. The lowest BCUT2D eigenvalue weighted by Gasteiger charge is -2.28. The first-order valence-electron chi connectivity index (χ1n) is 5.24. The Labute approximate surface area is 87.7 Å². The maximum Gasteiger partial charge on any atom is 0.248 e. The third kappa shape index (κ3) is 2.46. The maximum atomic E-state index is 12.9. The molecule has 1 aliphatic carbocycles. The monoisotopic (exact) mass is 212 g/mol. The van der Waals surface area contributed by atoms with E-state index >= 15 is 0 Å². The van der Waals surface area contributed by atoms with Crippen molar-refractivity contribution in [2.75, 3.05) is 0 Å². The molecule has 1 aromatic rings. The van der Waals surface area contributed by atoms with Gasteiger partial charge in [-0.2, -0.15) is 0 Å². The normalized spacial score (nSPS) is 21.5. The van der Waals surface area contributed by atoms with Gasteiger partial charge in [0.05, 0.1) is 0 Å². The van der Waals surface area contributed by atoms with Crippen LogP contribution in [0, 0.1) is 0 Å². The van der Waals surface area contributed by atoms with E-state index in [1.54, 1.807) is 12.1 Å². The second-order valence-corrected chi connectivity index (χ2v) is 4.22. The van der Waals surface area contributed by atoms with Crippen molar-refractivity contribution in [2.24, 2.45) is 0 Å². The minimum absolute atomic E-state index is 0.0153. The molecule has 0 aromatic heterocycles. The van der Waals surface area contributed by atoms with Crippen LogP contribution in [0.2, 0.25) is 0 Å². The standard InChI is InChI=1S/C12H14F2O/c13-12(14)7-5-10(6-8-12)9-1-3-11(15)4-2-9/h1-4,10,15H,5-8H2. The first-order valence-corrected chi connectivity index (χ1v) is 5.24. The van der Waals surface area contributed by atoms with Gasteiger partial charge in [0, 0.05) is 12.8 Å². The van der Waals surface area contributed by atoms with Crippen LogP contribution >= 0.6 is 0 Å². The molecule has 82 valence electrons. The van der Waals surface area contributed by atoms with E-state index < -0.39 is 5.92 Å². The molecule has 0 unspecified atom stereocenters. The van der Waals surface area contributed by atoms with Crippen molar-refractivity contribution >= 4 is 0 Å². The van der Waals surface area contributed by atoms with Gasteiger partial charge in [-0.25, -0.2) is 8.78 Å². The summed E-state index contributed by atoms with van der Waals surface area (Å²) in [7, 11) is 0. The predicted octanol–water partition coefficient (Wildman–Crippen LogP) is 3.69. The Hall–Kier alpha value is -1.12. The Bertz CT molecular complexity index is 322. The molecule has 2 rings (SSSR count). The Kier molecular flexibility index (Phi) is 2.63. The molecular formula is C12H14F2O. The molecule has 1 nitrogen and oxygen atoms in total. The van der Waals surface area contributed by atoms with Crippen molar-refractivity contribution in [3.63, 3.8) is 0 Å². The van der Waals surface area contributed by atoms with E-state index in [1.165, 1.54) is 0 Å². The third-order valence-corrected chi connectivity index (χ3v) is 3.08. The Morgan fingerprint density at radius 3 is 2.13 bits per heavy atom. The molecule has 15 heavy (non-hydrogen) atoms. The van der Waals surface area contributed by atoms with Crippen LogP contribution in [0.5, 0.6) is 5.75 Å². The molecule has 0 atom stereocenters. The van der Waals surface area contributed by atoms with Gasteiger partial charge in [0.15, 0.2) is 0 Å². The van der Waals surface area contributed by atoms with Gasteiger partial charge in [-0.15, -0.1) is 0 Å². The third-order valence-electron chi connectivity index (χ3n) is 3.08. The van der Waals surface area contributed by atoms with E-state index in [0.717, 1.165) is 5.56 Å². The second kappa shape index (κ2) is 3.80. The lowest BCUT2D eigenvalue weighted by atomic mass is 9.82. The van der Waals surface area contributed by atoms with Crippen molar-refractivity contribution in [3.8, 4) is 5.75 Å². The minimum Gasteiger partial charge on any atom is -0.508 e. The number of alkyl halides is 2. The maximum absolute atomic E-state index is 12.9. The molecule has 0 spiro atoms. The number of hydrogen-bond acceptors (Lipinski definition) is 1. The van der Waals surface area contributed by atoms with E-state index in [2.05, 4.69) is 0 Å². The lowest BCUT2D eigenvalue weighted by molar-refractivity contribution is -0.0382. The molecule has 1 N–H and O–H groups in total. The van der Waals surface area contributed by atoms with Gasteiger partial charge >= 0.3 is 0 Å². The molecule has 0 bridgehead atoms. The second-order valence-electron chi connectivity index (χ2n) is 4.22. The zero-order valence-electron chi connectivity index (χ0n) is 8.42. The van der Waals surface area contributed by atoms with Gasteiger partial charge < -0.3 is 5.11 Å². The number of phenols is 1. The van der Waals surface area contributed by atoms with Crippen molar-refractivity contribution < 1.29 is 13.9 Å². The number of halogens is 2. The van der Waals surface area contributed by atoms with Gasteiger partial charge in [-0.1, -0.05) is 12.1 Å². The molecule has 1 fully saturated rings. The summed E-state index contributed by atoms with van der Waals surface area (Å²) in [6.07, 6.45) is 1.05. The van der Waals surface area contributed by atoms with Crippen LogP contribution < -0.4 is 0 Å². The highest BCUT2D eigenvalue weighted by atomic mass is 19.3. The number of rotatable bonds is 1. The first-order chi connectivity index (χ1) is 7.07. The summed E-state index contributed by atoms with van der Waals surface area (Å²) in [6.45, 7) is 0. The predicted molar refractivity (Wildman–Crippen MR) is 54.3 cm³/mol. The first kappa shape index (κ1) is 10.4. The fraction of sp³-hybridized carbons (Fsp3) is 0.500. The summed E-state index contributed by atoms with van der Waals surface area (Å²) in [4.78, 5) is 0. The molecule has 1 aromatic carbocycles. The van der Waals surface area contributed by atoms with Crippen LogP contribution in [0.1, 0.15) is 37.2 Å². The SMILES string of the molecule is Oc1ccc(C2CCC(F)(F)CC2)cc1. The topological polar surface area (TPSA) is 20.2 Å². The van der Waals surface area contributed by atoms with E-state index in [1.807, 2.05) is 12.1 Å². The summed E-state index contributed by atoms with van der Waals surface area (Å²) < 4.78 is 25.8. The van der Waals surface area contributed by atoms with E-state index in [0.29, 0.717) is 12.8 Å². The van der Waals surface area contributed by atoms with Gasteiger partial charge in [-0.3, -0.25) is 0 Å². The van der Waals surface area contributed by atoms with Gasteiger partial charge in [-0.05, 0) is 36.5 Å². The molecule has 0 radical (unpaired) electrons. The van der Waals surface area contributed by atoms with Gasteiger partial charge in [0.1, 0.15) is 5.75 Å². The molecule has 0 aliphatic heterocycles. The fourth-order valence-electron chi connectivity index (χ4n) is 2.12. The lowest BCUT2D eigenvalue weighted by Crippen LogP contribution is -2.23. The summed E-state index contributed by atoms with van der Waals surface area (Å²) in [5.41, 5.74) is 1.06. The zero-order valence-corrected chi connectivity index (χ0v) is 8.42. The minimum atomic E-state index is -2.46. The Balaban J connectivity index is 2.04. The molecule has 0 amide bonds. The van der Waals surface area contributed by atoms with Crippen molar-refractivity contribution in [1.29, 1.82) is 0 Å². The average molecular weight is 212 g/mol. The van der Waals surface area contributed by atoms with Crippen molar-refractivity contribution in [3.05, 3.63) is 29.8 Å². The highest BCUT2D eigenvalue weighted by Gasteiger charge is 2.35. The molecule has 0 saturated heterocycles. The van der Waals surface area contributed by atoms with Crippen LogP contribution in [0.4, 0.5) is 8.78 Å². The Morgan fingerprint density at radius 2 is 1.60 bits per heavy atom. The van der Waals surface area contributed by atoms with E-state index in [4.69, 9.17) is 5.11 Å². The number of benzene rings is 1. The fourth-order valence-corrected chi connectivity index (χ4v) is 2.12. The van der Waals surface area contributed by atoms with Crippen molar-refractivity contribution in [2.45, 2.75) is 37.5 Å². The number of aromatic hydroxyl groups is 1. The molecule has 3 heteroatoms. The summed E-state index contributed by atoms with van der Waals surface area (Å²) in [6, 6.07) is 6.87. The zero-order chi connectivity index (χ0) is 10.9. The van der Waals surface area contributed by atoms with Crippen LogP contribution in [-0.4, -0.2) is 11.0 Å². The molecular weight excluding hydrogens is 198 g/mol. The summed E-state index contributed by atoms with van der Waals surface area (Å²) in [5, 5.41) is 9.12. The van der Waals surface area contributed by atoms with E-state index in [9.17, 15) is 8.78 Å². The molecule has 1 saturated carbocycles.